The van der Waals surface area contributed by atoms with Crippen molar-refractivity contribution in [3.05, 3.63) is 35.4 Å². The van der Waals surface area contributed by atoms with E-state index < -0.39 is 21.7 Å². The van der Waals surface area contributed by atoms with Crippen LogP contribution >= 0.6 is 11.8 Å². The van der Waals surface area contributed by atoms with Gasteiger partial charge in [-0.25, -0.2) is 8.42 Å². The molecule has 1 amide bonds. The van der Waals surface area contributed by atoms with Gasteiger partial charge in [0.05, 0.1) is 17.3 Å². The lowest BCUT2D eigenvalue weighted by Gasteiger charge is -2.11. The standard InChI is InChI=1S/C16H21NO5S2/c1-12-2-4-13(5-3-12)9-23-10-16(19)22-8-15(18)17-14-6-7-24(20,21)11-14/h2-5,14H,6-11H2,1H3,(H,17,18)/t14-/m1/s1. The van der Waals surface area contributed by atoms with Crippen LogP contribution in [0.25, 0.3) is 0 Å². The van der Waals surface area contributed by atoms with E-state index in [-0.39, 0.29) is 29.9 Å². The lowest BCUT2D eigenvalue weighted by Crippen LogP contribution is -2.38. The van der Waals surface area contributed by atoms with Crippen LogP contribution in [0, 0.1) is 6.92 Å². The minimum Gasteiger partial charge on any atom is -0.455 e. The van der Waals surface area contributed by atoms with Crippen molar-refractivity contribution in [1.29, 1.82) is 0 Å². The molecule has 1 aromatic carbocycles. The van der Waals surface area contributed by atoms with Crippen LogP contribution in [0.3, 0.4) is 0 Å². The number of esters is 1. The second-order valence-electron chi connectivity index (χ2n) is 5.81. The highest BCUT2D eigenvalue weighted by atomic mass is 32.2. The Morgan fingerprint density at radius 3 is 2.62 bits per heavy atom. The fourth-order valence-electron chi connectivity index (χ4n) is 2.30. The summed E-state index contributed by atoms with van der Waals surface area (Å²) in [5.41, 5.74) is 2.31. The summed E-state index contributed by atoms with van der Waals surface area (Å²) in [5.74, 6) is -0.0114. The number of hydrogen-bond donors (Lipinski definition) is 1. The molecular formula is C16H21NO5S2. The predicted molar refractivity (Wildman–Crippen MR) is 93.5 cm³/mol. The van der Waals surface area contributed by atoms with Gasteiger partial charge in [0.25, 0.3) is 5.91 Å². The molecule has 8 heteroatoms. The number of amides is 1. The molecule has 0 aliphatic carbocycles. The minimum absolute atomic E-state index is 0.0426. The van der Waals surface area contributed by atoms with Gasteiger partial charge in [-0.3, -0.25) is 9.59 Å². The molecule has 6 nitrogen and oxygen atoms in total. The van der Waals surface area contributed by atoms with Gasteiger partial charge in [0.15, 0.2) is 16.4 Å². The van der Waals surface area contributed by atoms with E-state index in [0.717, 1.165) is 5.56 Å². The SMILES string of the molecule is Cc1ccc(CSCC(=O)OCC(=O)N[C@@H]2CCS(=O)(=O)C2)cc1. The van der Waals surface area contributed by atoms with Crippen molar-refractivity contribution >= 4 is 33.5 Å². The zero-order valence-corrected chi connectivity index (χ0v) is 15.1. The first-order valence-corrected chi connectivity index (χ1v) is 10.6. The highest BCUT2D eigenvalue weighted by molar-refractivity contribution is 7.99. The summed E-state index contributed by atoms with van der Waals surface area (Å²) in [5, 5.41) is 2.57. The van der Waals surface area contributed by atoms with Gasteiger partial charge < -0.3 is 10.1 Å². The number of aryl methyl sites for hydroxylation is 1. The Kier molecular flexibility index (Phi) is 6.68. The van der Waals surface area contributed by atoms with E-state index in [2.05, 4.69) is 5.32 Å². The molecule has 1 heterocycles. The Bertz CT molecular complexity index is 685. The first-order chi connectivity index (χ1) is 11.3. The van der Waals surface area contributed by atoms with Gasteiger partial charge in [-0.15, -0.1) is 11.8 Å². The van der Waals surface area contributed by atoms with Crippen molar-refractivity contribution in [2.45, 2.75) is 25.1 Å². The monoisotopic (exact) mass is 371 g/mol. The van der Waals surface area contributed by atoms with Crippen molar-refractivity contribution in [2.75, 3.05) is 23.9 Å². The van der Waals surface area contributed by atoms with Crippen molar-refractivity contribution < 1.29 is 22.7 Å². The van der Waals surface area contributed by atoms with Gasteiger partial charge in [0.2, 0.25) is 0 Å². The first-order valence-electron chi connectivity index (χ1n) is 7.63. The van der Waals surface area contributed by atoms with Crippen LogP contribution in [0.1, 0.15) is 17.5 Å². The van der Waals surface area contributed by atoms with Crippen LogP contribution in [0.4, 0.5) is 0 Å². The van der Waals surface area contributed by atoms with E-state index in [1.165, 1.54) is 17.3 Å². The number of nitrogens with one attached hydrogen (secondary N) is 1. The van der Waals surface area contributed by atoms with E-state index in [0.29, 0.717) is 12.2 Å². The van der Waals surface area contributed by atoms with Crippen LogP contribution in [-0.4, -0.2) is 50.2 Å². The van der Waals surface area contributed by atoms with Gasteiger partial charge in [-0.1, -0.05) is 29.8 Å². The predicted octanol–water partition coefficient (Wildman–Crippen LogP) is 1.07. The molecule has 1 aliphatic rings. The molecule has 0 saturated carbocycles. The maximum Gasteiger partial charge on any atom is 0.316 e. The normalized spacial score (nSPS) is 19.0. The van der Waals surface area contributed by atoms with Crippen molar-refractivity contribution in [3.63, 3.8) is 0 Å². The van der Waals surface area contributed by atoms with E-state index in [1.54, 1.807) is 0 Å². The summed E-state index contributed by atoms with van der Waals surface area (Å²) in [7, 11) is -3.04. The van der Waals surface area contributed by atoms with Crippen molar-refractivity contribution in [3.8, 4) is 0 Å². The summed E-state index contributed by atoms with van der Waals surface area (Å²) in [6.45, 7) is 1.64. The van der Waals surface area contributed by atoms with E-state index in [4.69, 9.17) is 4.74 Å². The summed E-state index contributed by atoms with van der Waals surface area (Å²) >= 11 is 1.42. The largest absolute Gasteiger partial charge is 0.455 e. The molecule has 1 fully saturated rings. The Balaban J connectivity index is 1.60. The van der Waals surface area contributed by atoms with E-state index >= 15 is 0 Å². The number of rotatable bonds is 7. The highest BCUT2D eigenvalue weighted by Crippen LogP contribution is 2.13. The summed E-state index contributed by atoms with van der Waals surface area (Å²) in [6, 6.07) is 7.67. The molecule has 1 aromatic rings. The highest BCUT2D eigenvalue weighted by Gasteiger charge is 2.28. The number of carbonyl (C=O) groups is 2. The lowest BCUT2D eigenvalue weighted by atomic mass is 10.2. The van der Waals surface area contributed by atoms with Gasteiger partial charge in [-0.05, 0) is 18.9 Å². The van der Waals surface area contributed by atoms with Crippen LogP contribution in [0.5, 0.6) is 0 Å². The molecule has 0 radical (unpaired) electrons. The topological polar surface area (TPSA) is 89.5 Å². The molecule has 24 heavy (non-hydrogen) atoms. The Labute approximate surface area is 146 Å². The molecule has 132 valence electrons. The molecule has 0 aromatic heterocycles. The van der Waals surface area contributed by atoms with Crippen LogP contribution in [0.2, 0.25) is 0 Å². The van der Waals surface area contributed by atoms with Crippen LogP contribution < -0.4 is 5.32 Å². The van der Waals surface area contributed by atoms with Gasteiger partial charge >= 0.3 is 5.97 Å². The summed E-state index contributed by atoms with van der Waals surface area (Å²) in [6.07, 6.45) is 0.411. The molecule has 0 unspecified atom stereocenters. The smallest absolute Gasteiger partial charge is 0.316 e. The third-order valence-electron chi connectivity index (χ3n) is 3.57. The quantitative estimate of drug-likeness (QED) is 0.721. The Morgan fingerprint density at radius 1 is 1.29 bits per heavy atom. The molecule has 1 atom stereocenters. The molecule has 1 saturated heterocycles. The number of ether oxygens (including phenoxy) is 1. The van der Waals surface area contributed by atoms with E-state index in [9.17, 15) is 18.0 Å². The first kappa shape index (κ1) is 18.8. The fourth-order valence-corrected chi connectivity index (χ4v) is 4.76. The number of benzene rings is 1. The van der Waals surface area contributed by atoms with Gasteiger partial charge in [0.1, 0.15) is 0 Å². The van der Waals surface area contributed by atoms with Gasteiger partial charge in [0, 0.05) is 11.8 Å². The lowest BCUT2D eigenvalue weighted by molar-refractivity contribution is -0.146. The maximum atomic E-state index is 11.7. The molecule has 0 bridgehead atoms. The van der Waals surface area contributed by atoms with E-state index in [1.807, 2.05) is 31.2 Å². The number of hydrogen-bond acceptors (Lipinski definition) is 6. The second kappa shape index (κ2) is 8.53. The fraction of sp³-hybridized carbons (Fsp3) is 0.500. The zero-order chi connectivity index (χ0) is 17.6. The Morgan fingerprint density at radius 2 is 2.00 bits per heavy atom. The average molecular weight is 371 g/mol. The third kappa shape index (κ3) is 6.52. The van der Waals surface area contributed by atoms with Crippen LogP contribution in [0.15, 0.2) is 24.3 Å². The van der Waals surface area contributed by atoms with Crippen LogP contribution in [-0.2, 0) is 29.9 Å². The maximum absolute atomic E-state index is 11.7. The second-order valence-corrected chi connectivity index (χ2v) is 9.02. The third-order valence-corrected chi connectivity index (χ3v) is 6.32. The molecule has 1 aliphatic heterocycles. The summed E-state index contributed by atoms with van der Waals surface area (Å²) in [4.78, 5) is 23.3. The van der Waals surface area contributed by atoms with Crippen molar-refractivity contribution in [1.82, 2.24) is 5.32 Å². The number of thioether (sulfide) groups is 1. The van der Waals surface area contributed by atoms with Gasteiger partial charge in [-0.2, -0.15) is 0 Å². The molecule has 1 N–H and O–H groups in total. The number of carbonyl (C=O) groups excluding carboxylic acids is 2. The van der Waals surface area contributed by atoms with Crippen molar-refractivity contribution in [2.24, 2.45) is 0 Å². The minimum atomic E-state index is -3.04. The molecule has 2 rings (SSSR count). The average Bonchev–Trinajstić information content (AvgIpc) is 2.86. The molecule has 0 spiro atoms. The molecular weight excluding hydrogens is 350 g/mol. The number of sulfone groups is 1. The summed E-state index contributed by atoms with van der Waals surface area (Å²) < 4.78 is 27.5. The Hall–Kier alpha value is -1.54. The zero-order valence-electron chi connectivity index (χ0n) is 13.5.